The first kappa shape index (κ1) is 22.6. The van der Waals surface area contributed by atoms with Crippen LogP contribution in [-0.2, 0) is 0 Å². The molecule has 1 aromatic heterocycles. The van der Waals surface area contributed by atoms with Crippen LogP contribution in [0.5, 0.6) is 0 Å². The Kier molecular flexibility index (Phi) is 5.57. The second-order valence-electron chi connectivity index (χ2n) is 9.56. The largest absolute Gasteiger partial charge is 0.309 e. The molecule has 0 bridgehead atoms. The summed E-state index contributed by atoms with van der Waals surface area (Å²) in [4.78, 5) is 0. The molecular weight excluding hydrogens is 482 g/mol. The summed E-state index contributed by atoms with van der Waals surface area (Å²) in [5, 5.41) is 3.03. The number of aromatic nitrogens is 1. The second-order valence-corrected chi connectivity index (χ2v) is 9.96. The van der Waals surface area contributed by atoms with Gasteiger partial charge in [-0.3, -0.25) is 0 Å². The molecule has 0 saturated heterocycles. The highest BCUT2D eigenvalue weighted by atomic mass is 35.5. The van der Waals surface area contributed by atoms with Crippen molar-refractivity contribution in [3.63, 3.8) is 0 Å². The van der Waals surface area contributed by atoms with Crippen LogP contribution in [0.3, 0.4) is 0 Å². The molecule has 0 aliphatic rings. The number of nitrogens with zero attached hydrogens (tertiary/aromatic N) is 1. The lowest BCUT2D eigenvalue weighted by Gasteiger charge is -2.10. The number of rotatable bonds is 4. The van der Waals surface area contributed by atoms with Gasteiger partial charge in [0.1, 0.15) is 0 Å². The van der Waals surface area contributed by atoms with Gasteiger partial charge in [-0.15, -0.1) is 0 Å². The van der Waals surface area contributed by atoms with Crippen molar-refractivity contribution in [3.8, 4) is 39.1 Å². The standard InChI is InChI=1S/C36H24ClN/c37-33-12-7-13-34-36(33)32-23-22-30(24-35(32)38(34)31-10-5-2-6-11-31)29-20-18-28(19-21-29)27-16-14-26(15-17-27)25-8-3-1-4-9-25/h1-24H. The number of para-hydroxylation sites is 1. The van der Waals surface area contributed by atoms with Crippen LogP contribution in [-0.4, -0.2) is 4.57 Å². The molecule has 6 aromatic carbocycles. The summed E-state index contributed by atoms with van der Waals surface area (Å²) in [7, 11) is 0. The molecule has 0 amide bonds. The van der Waals surface area contributed by atoms with Crippen LogP contribution < -0.4 is 0 Å². The van der Waals surface area contributed by atoms with E-state index in [1.165, 1.54) is 33.4 Å². The second kappa shape index (κ2) is 9.37. The van der Waals surface area contributed by atoms with E-state index in [9.17, 15) is 0 Å². The first-order valence-electron chi connectivity index (χ1n) is 12.8. The summed E-state index contributed by atoms with van der Waals surface area (Å²) in [5.41, 5.74) is 10.6. The van der Waals surface area contributed by atoms with Crippen molar-refractivity contribution in [2.45, 2.75) is 0 Å². The highest BCUT2D eigenvalue weighted by Gasteiger charge is 2.15. The van der Waals surface area contributed by atoms with Crippen LogP contribution >= 0.6 is 11.6 Å². The summed E-state index contributed by atoms with van der Waals surface area (Å²) in [6, 6.07) is 51.4. The summed E-state index contributed by atoms with van der Waals surface area (Å²) in [6.07, 6.45) is 0. The molecule has 0 unspecified atom stereocenters. The Morgan fingerprint density at radius 2 is 0.895 bits per heavy atom. The van der Waals surface area contributed by atoms with Crippen molar-refractivity contribution in [1.29, 1.82) is 0 Å². The van der Waals surface area contributed by atoms with Gasteiger partial charge < -0.3 is 4.57 Å². The van der Waals surface area contributed by atoms with Gasteiger partial charge in [-0.2, -0.15) is 0 Å². The van der Waals surface area contributed by atoms with Gasteiger partial charge in [0.25, 0.3) is 0 Å². The molecule has 38 heavy (non-hydrogen) atoms. The fourth-order valence-electron chi connectivity index (χ4n) is 5.40. The number of halogens is 1. The minimum atomic E-state index is 0.776. The summed E-state index contributed by atoms with van der Waals surface area (Å²) < 4.78 is 2.31. The molecular formula is C36H24ClN. The van der Waals surface area contributed by atoms with E-state index < -0.39 is 0 Å². The fourth-order valence-corrected chi connectivity index (χ4v) is 5.67. The Labute approximate surface area is 227 Å². The van der Waals surface area contributed by atoms with Crippen LogP contribution in [0.1, 0.15) is 0 Å². The maximum Gasteiger partial charge on any atom is 0.0556 e. The van der Waals surface area contributed by atoms with Crippen molar-refractivity contribution in [2.24, 2.45) is 0 Å². The Hall–Kier alpha value is -4.59. The molecule has 1 nitrogen and oxygen atoms in total. The van der Waals surface area contributed by atoms with E-state index >= 15 is 0 Å². The zero-order chi connectivity index (χ0) is 25.5. The predicted octanol–water partition coefficient (Wildman–Crippen LogP) is 10.4. The van der Waals surface area contributed by atoms with Crippen molar-refractivity contribution < 1.29 is 0 Å². The van der Waals surface area contributed by atoms with Gasteiger partial charge in [-0.05, 0) is 63.7 Å². The SMILES string of the molecule is Clc1cccc2c1c1ccc(-c3ccc(-c4ccc(-c5ccccc5)cc4)cc3)cc1n2-c1ccccc1. The molecule has 0 radical (unpaired) electrons. The predicted molar refractivity (Wildman–Crippen MR) is 162 cm³/mol. The molecule has 0 aliphatic heterocycles. The molecule has 7 aromatic rings. The molecule has 2 heteroatoms. The Morgan fingerprint density at radius 3 is 1.50 bits per heavy atom. The zero-order valence-corrected chi connectivity index (χ0v) is 21.4. The molecule has 0 fully saturated rings. The molecule has 0 atom stereocenters. The van der Waals surface area contributed by atoms with E-state index in [2.05, 4.69) is 126 Å². The third kappa shape index (κ3) is 3.89. The third-order valence-corrected chi connectivity index (χ3v) is 7.61. The Balaban J connectivity index is 1.28. The molecule has 180 valence electrons. The molecule has 7 rings (SSSR count). The number of hydrogen-bond donors (Lipinski definition) is 0. The van der Waals surface area contributed by atoms with Crippen LogP contribution in [0.4, 0.5) is 0 Å². The first-order chi connectivity index (χ1) is 18.8. The topological polar surface area (TPSA) is 4.93 Å². The Morgan fingerprint density at radius 1 is 0.395 bits per heavy atom. The van der Waals surface area contributed by atoms with Gasteiger partial charge in [-0.25, -0.2) is 0 Å². The van der Waals surface area contributed by atoms with E-state index in [-0.39, 0.29) is 0 Å². The lowest BCUT2D eigenvalue weighted by atomic mass is 9.97. The highest BCUT2D eigenvalue weighted by molar-refractivity contribution is 6.38. The van der Waals surface area contributed by atoms with Crippen molar-refractivity contribution in [3.05, 3.63) is 151 Å². The van der Waals surface area contributed by atoms with Gasteiger partial charge in [0.2, 0.25) is 0 Å². The minimum Gasteiger partial charge on any atom is -0.309 e. The maximum absolute atomic E-state index is 6.70. The van der Waals surface area contributed by atoms with E-state index in [0.717, 1.165) is 32.5 Å². The van der Waals surface area contributed by atoms with Crippen LogP contribution in [0.15, 0.2) is 146 Å². The first-order valence-corrected chi connectivity index (χ1v) is 13.2. The number of fused-ring (bicyclic) bond motifs is 3. The van der Waals surface area contributed by atoms with Gasteiger partial charge in [-0.1, -0.05) is 127 Å². The van der Waals surface area contributed by atoms with Gasteiger partial charge >= 0.3 is 0 Å². The Bertz CT molecular complexity index is 1880. The molecule has 0 saturated carbocycles. The van der Waals surface area contributed by atoms with E-state index in [4.69, 9.17) is 11.6 Å². The van der Waals surface area contributed by atoms with Crippen LogP contribution in [0.25, 0.3) is 60.9 Å². The highest BCUT2D eigenvalue weighted by Crippen LogP contribution is 2.38. The van der Waals surface area contributed by atoms with Crippen molar-refractivity contribution >= 4 is 33.4 Å². The molecule has 0 N–H and O–H groups in total. The van der Waals surface area contributed by atoms with Crippen LogP contribution in [0, 0.1) is 0 Å². The van der Waals surface area contributed by atoms with Gasteiger partial charge in [0.05, 0.1) is 16.1 Å². The molecule has 0 aliphatic carbocycles. The molecule has 0 spiro atoms. The normalized spacial score (nSPS) is 11.3. The lowest BCUT2D eigenvalue weighted by Crippen LogP contribution is -1.93. The quantitative estimate of drug-likeness (QED) is 0.224. The van der Waals surface area contributed by atoms with E-state index in [1.54, 1.807) is 0 Å². The number of benzene rings is 6. The summed E-state index contributed by atoms with van der Waals surface area (Å²) >= 11 is 6.70. The van der Waals surface area contributed by atoms with E-state index in [1.807, 2.05) is 24.3 Å². The smallest absolute Gasteiger partial charge is 0.0556 e. The summed E-state index contributed by atoms with van der Waals surface area (Å²) in [5.74, 6) is 0. The number of hydrogen-bond acceptors (Lipinski definition) is 0. The zero-order valence-electron chi connectivity index (χ0n) is 20.7. The third-order valence-electron chi connectivity index (χ3n) is 7.30. The van der Waals surface area contributed by atoms with Crippen molar-refractivity contribution in [1.82, 2.24) is 4.57 Å². The lowest BCUT2D eigenvalue weighted by molar-refractivity contribution is 1.18. The van der Waals surface area contributed by atoms with Gasteiger partial charge in [0.15, 0.2) is 0 Å². The molecule has 1 heterocycles. The van der Waals surface area contributed by atoms with Gasteiger partial charge in [0, 0.05) is 16.5 Å². The van der Waals surface area contributed by atoms with Crippen LogP contribution in [0.2, 0.25) is 5.02 Å². The minimum absolute atomic E-state index is 0.776. The van der Waals surface area contributed by atoms with E-state index in [0.29, 0.717) is 0 Å². The fraction of sp³-hybridized carbons (Fsp3) is 0. The van der Waals surface area contributed by atoms with Crippen molar-refractivity contribution in [2.75, 3.05) is 0 Å². The maximum atomic E-state index is 6.70. The average Bonchev–Trinajstić information content (AvgIpc) is 3.33. The average molecular weight is 506 g/mol. The summed E-state index contributed by atoms with van der Waals surface area (Å²) in [6.45, 7) is 0. The monoisotopic (exact) mass is 505 g/mol.